The number of halogens is 3. The Hall–Kier alpha value is -2.86. The summed E-state index contributed by atoms with van der Waals surface area (Å²) >= 11 is 0. The molecule has 1 aliphatic carbocycles. The first-order chi connectivity index (χ1) is 17.3. The lowest BCUT2D eigenvalue weighted by Crippen LogP contribution is -2.55. The van der Waals surface area contributed by atoms with Gasteiger partial charge in [-0.1, -0.05) is 30.3 Å². The highest BCUT2D eigenvalue weighted by Gasteiger charge is 2.54. The molecule has 0 bridgehead atoms. The van der Waals surface area contributed by atoms with Crippen LogP contribution in [0.15, 0.2) is 30.3 Å². The summed E-state index contributed by atoms with van der Waals surface area (Å²) in [5.41, 5.74) is 1.06. The van der Waals surface area contributed by atoms with Gasteiger partial charge in [0.2, 0.25) is 0 Å². The molecule has 2 aliphatic rings. The van der Waals surface area contributed by atoms with Gasteiger partial charge in [0.25, 0.3) is 0 Å². The fourth-order valence-corrected chi connectivity index (χ4v) is 5.29. The zero-order chi connectivity index (χ0) is 27.9. The summed E-state index contributed by atoms with van der Waals surface area (Å²) in [5.74, 6) is -3.62. The topological polar surface area (TPSA) is 111 Å². The average molecular weight is 532 g/mol. The quantitative estimate of drug-likeness (QED) is 0.468. The number of urea groups is 1. The Bertz CT molecular complexity index is 918. The van der Waals surface area contributed by atoms with Crippen LogP contribution in [0.2, 0.25) is 0 Å². The van der Waals surface area contributed by atoms with Crippen molar-refractivity contribution < 1.29 is 42.5 Å². The number of carboxylic acids is 2. The number of alkyl halides is 3. The molecule has 1 saturated carbocycles. The molecule has 208 valence electrons. The molecular formula is C25H36F3N3O6. The van der Waals surface area contributed by atoms with Crippen LogP contribution in [0, 0.1) is 0 Å². The first-order valence-electron chi connectivity index (χ1n) is 12.1. The summed E-state index contributed by atoms with van der Waals surface area (Å²) in [6.45, 7) is 2.15. The van der Waals surface area contributed by atoms with Gasteiger partial charge < -0.3 is 24.7 Å². The Labute approximate surface area is 214 Å². The van der Waals surface area contributed by atoms with Gasteiger partial charge in [-0.3, -0.25) is 9.69 Å². The Morgan fingerprint density at radius 2 is 1.62 bits per heavy atom. The minimum Gasteiger partial charge on any atom is -0.481 e. The van der Waals surface area contributed by atoms with Crippen molar-refractivity contribution in [3.05, 3.63) is 35.9 Å². The van der Waals surface area contributed by atoms with Crippen molar-refractivity contribution in [3.8, 4) is 0 Å². The number of nitrogens with zero attached hydrogens (tertiary/aromatic N) is 3. The fourth-order valence-electron chi connectivity index (χ4n) is 5.29. The van der Waals surface area contributed by atoms with Crippen molar-refractivity contribution in [1.29, 1.82) is 0 Å². The van der Waals surface area contributed by atoms with Crippen LogP contribution in [0.3, 0.4) is 0 Å². The maximum atomic E-state index is 13.2. The van der Waals surface area contributed by atoms with E-state index in [0.717, 1.165) is 32.1 Å². The van der Waals surface area contributed by atoms with E-state index in [9.17, 15) is 22.8 Å². The number of hydrogen-bond acceptors (Lipinski definition) is 5. The number of methoxy groups -OCH3 is 1. The largest absolute Gasteiger partial charge is 0.490 e. The standard InChI is InChI=1S/C23H35N3O4.C2HF3O2/c1-24(2)23(19-8-5-4-6-9-19)13-11-22(12-14-23)18-25(16-10-20(27)28)21(29)26(22)15-7-17-30-3;3-2(4,5)1(6)7/h4-6,8-9H,7,10-18H2,1-3H3,(H,27,28);(H,6,7). The minimum absolute atomic E-state index is 0.0145. The molecule has 1 spiro atoms. The van der Waals surface area contributed by atoms with Crippen molar-refractivity contribution in [1.82, 2.24) is 14.7 Å². The summed E-state index contributed by atoms with van der Waals surface area (Å²) in [6.07, 6.45) is -0.575. The lowest BCUT2D eigenvalue weighted by molar-refractivity contribution is -0.192. The highest BCUT2D eigenvalue weighted by Crippen LogP contribution is 2.48. The van der Waals surface area contributed by atoms with Crippen LogP contribution in [0.1, 0.15) is 44.1 Å². The predicted molar refractivity (Wildman–Crippen MR) is 129 cm³/mol. The first-order valence-corrected chi connectivity index (χ1v) is 12.1. The molecular weight excluding hydrogens is 495 g/mol. The minimum atomic E-state index is -5.08. The number of ether oxygens (including phenoxy) is 1. The van der Waals surface area contributed by atoms with Crippen molar-refractivity contribution in [2.24, 2.45) is 0 Å². The van der Waals surface area contributed by atoms with Gasteiger partial charge in [0.15, 0.2) is 0 Å². The zero-order valence-electron chi connectivity index (χ0n) is 21.5. The smallest absolute Gasteiger partial charge is 0.481 e. The molecule has 0 radical (unpaired) electrons. The molecule has 9 nitrogen and oxygen atoms in total. The number of carboxylic acid groups (broad SMARTS) is 2. The lowest BCUT2D eigenvalue weighted by atomic mass is 9.68. The molecule has 3 rings (SSSR count). The van der Waals surface area contributed by atoms with E-state index >= 15 is 0 Å². The Morgan fingerprint density at radius 3 is 2.08 bits per heavy atom. The summed E-state index contributed by atoms with van der Waals surface area (Å²) in [5, 5.41) is 16.2. The highest BCUT2D eigenvalue weighted by molar-refractivity contribution is 5.79. The fraction of sp³-hybridized carbons (Fsp3) is 0.640. The molecule has 2 N–H and O–H groups in total. The second-order valence-electron chi connectivity index (χ2n) is 9.67. The van der Waals surface area contributed by atoms with Crippen LogP contribution in [0.5, 0.6) is 0 Å². The van der Waals surface area contributed by atoms with Gasteiger partial charge in [-0.2, -0.15) is 13.2 Å². The van der Waals surface area contributed by atoms with Crippen LogP contribution in [0.25, 0.3) is 0 Å². The molecule has 2 fully saturated rings. The zero-order valence-corrected chi connectivity index (χ0v) is 21.5. The molecule has 0 unspecified atom stereocenters. The van der Waals surface area contributed by atoms with E-state index in [2.05, 4.69) is 43.3 Å². The van der Waals surface area contributed by atoms with Crippen molar-refractivity contribution >= 4 is 18.0 Å². The van der Waals surface area contributed by atoms with Gasteiger partial charge in [0.1, 0.15) is 0 Å². The molecule has 1 aromatic carbocycles. The summed E-state index contributed by atoms with van der Waals surface area (Å²) in [7, 11) is 5.95. The number of carbonyl (C=O) groups is 3. The predicted octanol–water partition coefficient (Wildman–Crippen LogP) is 3.64. The normalized spacial score (nSPS) is 23.8. The van der Waals surface area contributed by atoms with Crippen molar-refractivity contribution in [2.45, 2.75) is 55.8 Å². The van der Waals surface area contributed by atoms with Gasteiger partial charge in [0.05, 0.1) is 12.0 Å². The number of hydrogen-bond donors (Lipinski definition) is 2. The third-order valence-corrected chi connectivity index (χ3v) is 7.30. The van der Waals surface area contributed by atoms with E-state index in [1.807, 2.05) is 11.0 Å². The Balaban J connectivity index is 0.000000604. The van der Waals surface area contributed by atoms with Crippen molar-refractivity contribution in [3.63, 3.8) is 0 Å². The first kappa shape index (κ1) is 30.4. The lowest BCUT2D eigenvalue weighted by Gasteiger charge is -2.51. The molecule has 1 aliphatic heterocycles. The maximum Gasteiger partial charge on any atom is 0.490 e. The molecule has 37 heavy (non-hydrogen) atoms. The second-order valence-corrected chi connectivity index (χ2v) is 9.67. The number of amides is 2. The van der Waals surface area contributed by atoms with Gasteiger partial charge in [-0.25, -0.2) is 9.59 Å². The second kappa shape index (κ2) is 12.6. The molecule has 0 atom stereocenters. The molecule has 1 aromatic rings. The van der Waals surface area contributed by atoms with Crippen LogP contribution >= 0.6 is 0 Å². The van der Waals surface area contributed by atoms with E-state index in [-0.39, 0.29) is 30.1 Å². The summed E-state index contributed by atoms with van der Waals surface area (Å²) in [4.78, 5) is 39.2. The SMILES string of the molecule is COCCCN1C(=O)N(CCC(=O)O)CC12CCC(c1ccccc1)(N(C)C)CC2.O=C(O)C(F)(F)F. The highest BCUT2D eigenvalue weighted by atomic mass is 19.4. The van der Waals surface area contributed by atoms with Gasteiger partial charge >= 0.3 is 24.1 Å². The van der Waals surface area contributed by atoms with E-state index < -0.39 is 18.1 Å². The van der Waals surface area contributed by atoms with E-state index in [4.69, 9.17) is 19.7 Å². The molecule has 12 heteroatoms. The molecule has 1 heterocycles. The molecule has 2 amide bonds. The maximum absolute atomic E-state index is 13.2. The van der Waals surface area contributed by atoms with Gasteiger partial charge in [-0.15, -0.1) is 0 Å². The van der Waals surface area contributed by atoms with Crippen LogP contribution < -0.4 is 0 Å². The molecule has 0 aromatic heterocycles. The van der Waals surface area contributed by atoms with Gasteiger partial charge in [-0.05, 0) is 51.8 Å². The monoisotopic (exact) mass is 531 g/mol. The van der Waals surface area contributed by atoms with Gasteiger partial charge in [0, 0.05) is 38.9 Å². The van der Waals surface area contributed by atoms with Crippen LogP contribution in [0.4, 0.5) is 18.0 Å². The third kappa shape index (κ3) is 7.35. The van der Waals surface area contributed by atoms with Crippen LogP contribution in [-0.4, -0.2) is 102 Å². The summed E-state index contributed by atoms with van der Waals surface area (Å²) in [6, 6.07) is 10.6. The Morgan fingerprint density at radius 1 is 1.05 bits per heavy atom. The number of aliphatic carboxylic acids is 2. The third-order valence-electron chi connectivity index (χ3n) is 7.30. The molecule has 1 saturated heterocycles. The van der Waals surface area contributed by atoms with E-state index in [0.29, 0.717) is 19.7 Å². The van der Waals surface area contributed by atoms with Crippen molar-refractivity contribution in [2.75, 3.05) is 47.4 Å². The summed E-state index contributed by atoms with van der Waals surface area (Å²) < 4.78 is 36.9. The number of carbonyl (C=O) groups excluding carboxylic acids is 1. The number of rotatable bonds is 9. The van der Waals surface area contributed by atoms with Crippen LogP contribution in [-0.2, 0) is 19.9 Å². The number of benzene rings is 1. The van der Waals surface area contributed by atoms with E-state index in [1.165, 1.54) is 5.56 Å². The van der Waals surface area contributed by atoms with E-state index in [1.54, 1.807) is 12.0 Å². The Kier molecular flexibility index (Phi) is 10.3. The average Bonchev–Trinajstić information content (AvgIpc) is 3.09.